The van der Waals surface area contributed by atoms with E-state index in [-0.39, 0.29) is 17.9 Å². The Hall–Kier alpha value is -1.36. The number of carboxylic acids is 1. The van der Waals surface area contributed by atoms with E-state index in [1.54, 1.807) is 11.3 Å². The van der Waals surface area contributed by atoms with Crippen molar-refractivity contribution in [1.82, 2.24) is 5.32 Å². The summed E-state index contributed by atoms with van der Waals surface area (Å²) in [6.07, 6.45) is 4.00. The first kappa shape index (κ1) is 15.0. The van der Waals surface area contributed by atoms with E-state index >= 15 is 0 Å². The standard InChI is InChI=1S/C15H21NO3S/c1-2-5-12(13-8-4-9-20-13)16-14(17)10-6-3-7-11(10)15(18)19/h4,8-12H,2-3,5-7H2,1H3,(H,16,17)(H,18,19)/t10-,11+,12?/m1/s1. The van der Waals surface area contributed by atoms with E-state index in [1.807, 2.05) is 17.5 Å². The molecule has 1 unspecified atom stereocenters. The Bertz CT molecular complexity index is 458. The largest absolute Gasteiger partial charge is 0.481 e. The molecule has 1 aromatic rings. The minimum absolute atomic E-state index is 0.0162. The molecule has 2 rings (SSSR count). The second-order valence-corrected chi connectivity index (χ2v) is 6.33. The molecule has 4 nitrogen and oxygen atoms in total. The van der Waals surface area contributed by atoms with Gasteiger partial charge in [-0.3, -0.25) is 9.59 Å². The average Bonchev–Trinajstić information content (AvgIpc) is 3.09. The van der Waals surface area contributed by atoms with E-state index in [1.165, 1.54) is 0 Å². The van der Waals surface area contributed by atoms with E-state index < -0.39 is 11.9 Å². The van der Waals surface area contributed by atoms with E-state index in [0.29, 0.717) is 12.8 Å². The van der Waals surface area contributed by atoms with Gasteiger partial charge in [0.2, 0.25) is 5.91 Å². The maximum absolute atomic E-state index is 12.4. The molecule has 0 aliphatic heterocycles. The summed E-state index contributed by atoms with van der Waals surface area (Å²) in [5.41, 5.74) is 0. The predicted octanol–water partition coefficient (Wildman–Crippen LogP) is 3.21. The fourth-order valence-electron chi connectivity index (χ4n) is 2.91. The summed E-state index contributed by atoms with van der Waals surface area (Å²) in [6, 6.07) is 4.02. The Morgan fingerprint density at radius 2 is 2.20 bits per heavy atom. The van der Waals surface area contributed by atoms with Gasteiger partial charge in [0.1, 0.15) is 0 Å². The summed E-state index contributed by atoms with van der Waals surface area (Å²) in [5.74, 6) is -1.82. The molecule has 0 radical (unpaired) electrons. The number of aliphatic carboxylic acids is 1. The topological polar surface area (TPSA) is 66.4 Å². The molecule has 0 aromatic carbocycles. The number of nitrogens with one attached hydrogen (secondary N) is 1. The smallest absolute Gasteiger partial charge is 0.307 e. The van der Waals surface area contributed by atoms with Crippen LogP contribution in [0.15, 0.2) is 17.5 Å². The van der Waals surface area contributed by atoms with Crippen molar-refractivity contribution in [3.8, 4) is 0 Å². The second-order valence-electron chi connectivity index (χ2n) is 5.35. The molecule has 1 aromatic heterocycles. The average molecular weight is 295 g/mol. The van der Waals surface area contributed by atoms with Crippen LogP contribution in [0.5, 0.6) is 0 Å². The molecule has 3 atom stereocenters. The van der Waals surface area contributed by atoms with Gasteiger partial charge in [0.25, 0.3) is 0 Å². The Kier molecular flexibility index (Phi) is 5.17. The van der Waals surface area contributed by atoms with Gasteiger partial charge < -0.3 is 10.4 Å². The zero-order valence-electron chi connectivity index (χ0n) is 11.7. The van der Waals surface area contributed by atoms with Crippen LogP contribution in [-0.2, 0) is 9.59 Å². The van der Waals surface area contributed by atoms with Crippen LogP contribution in [-0.4, -0.2) is 17.0 Å². The van der Waals surface area contributed by atoms with Crippen molar-refractivity contribution in [3.05, 3.63) is 22.4 Å². The van der Waals surface area contributed by atoms with Crippen LogP contribution < -0.4 is 5.32 Å². The quantitative estimate of drug-likeness (QED) is 0.847. The molecule has 0 spiro atoms. The van der Waals surface area contributed by atoms with Crippen molar-refractivity contribution in [2.24, 2.45) is 11.8 Å². The Morgan fingerprint density at radius 1 is 1.45 bits per heavy atom. The molecule has 0 bridgehead atoms. The van der Waals surface area contributed by atoms with Gasteiger partial charge >= 0.3 is 5.97 Å². The first-order chi connectivity index (χ1) is 9.63. The third-order valence-corrected chi connectivity index (χ3v) is 4.94. The lowest BCUT2D eigenvalue weighted by Crippen LogP contribution is -2.37. The minimum Gasteiger partial charge on any atom is -0.481 e. The number of amides is 1. The molecule has 1 amide bonds. The van der Waals surface area contributed by atoms with Gasteiger partial charge in [0, 0.05) is 4.88 Å². The Morgan fingerprint density at radius 3 is 2.80 bits per heavy atom. The summed E-state index contributed by atoms with van der Waals surface area (Å²) in [5, 5.41) is 14.2. The van der Waals surface area contributed by atoms with E-state index in [9.17, 15) is 14.7 Å². The summed E-state index contributed by atoms with van der Waals surface area (Å²) in [4.78, 5) is 24.7. The van der Waals surface area contributed by atoms with E-state index in [0.717, 1.165) is 24.1 Å². The highest BCUT2D eigenvalue weighted by Crippen LogP contribution is 2.33. The van der Waals surface area contributed by atoms with Gasteiger partial charge in [-0.2, -0.15) is 0 Å². The molecular weight excluding hydrogens is 274 g/mol. The van der Waals surface area contributed by atoms with Crippen LogP contribution in [0.25, 0.3) is 0 Å². The van der Waals surface area contributed by atoms with Gasteiger partial charge in [-0.05, 0) is 30.7 Å². The van der Waals surface area contributed by atoms with Crippen molar-refractivity contribution < 1.29 is 14.7 Å². The first-order valence-corrected chi connectivity index (χ1v) is 8.08. The Balaban J connectivity index is 2.03. The molecule has 1 aliphatic rings. The van der Waals surface area contributed by atoms with Gasteiger partial charge in [0.15, 0.2) is 0 Å². The number of rotatable bonds is 6. The van der Waals surface area contributed by atoms with Gasteiger partial charge in [-0.25, -0.2) is 0 Å². The first-order valence-electron chi connectivity index (χ1n) is 7.20. The normalized spacial score (nSPS) is 23.4. The third kappa shape index (κ3) is 3.39. The molecular formula is C15H21NO3S. The number of carbonyl (C=O) groups is 2. The third-order valence-electron chi connectivity index (χ3n) is 3.95. The zero-order valence-corrected chi connectivity index (χ0v) is 12.5. The van der Waals surface area contributed by atoms with Crippen molar-refractivity contribution >= 4 is 23.2 Å². The summed E-state index contributed by atoms with van der Waals surface area (Å²) < 4.78 is 0. The van der Waals surface area contributed by atoms with Gasteiger partial charge in [-0.15, -0.1) is 11.3 Å². The second kappa shape index (κ2) is 6.88. The highest BCUT2D eigenvalue weighted by molar-refractivity contribution is 7.10. The van der Waals surface area contributed by atoms with Crippen molar-refractivity contribution in [2.45, 2.75) is 45.1 Å². The fraction of sp³-hybridized carbons (Fsp3) is 0.600. The zero-order chi connectivity index (χ0) is 14.5. The highest BCUT2D eigenvalue weighted by Gasteiger charge is 2.38. The number of carbonyl (C=O) groups excluding carboxylic acids is 1. The van der Waals surface area contributed by atoms with Crippen LogP contribution in [0, 0.1) is 11.8 Å². The monoisotopic (exact) mass is 295 g/mol. The van der Waals surface area contributed by atoms with Crippen LogP contribution in [0.4, 0.5) is 0 Å². The SMILES string of the molecule is CCCC(NC(=O)[C@@H]1CCC[C@@H]1C(=O)O)c1cccs1. The number of hydrogen-bond acceptors (Lipinski definition) is 3. The number of thiophene rings is 1. The van der Waals surface area contributed by atoms with Crippen molar-refractivity contribution in [3.63, 3.8) is 0 Å². The van der Waals surface area contributed by atoms with Crippen molar-refractivity contribution in [2.75, 3.05) is 0 Å². The summed E-state index contributed by atoms with van der Waals surface area (Å²) >= 11 is 1.63. The van der Waals surface area contributed by atoms with Crippen LogP contribution in [0.1, 0.15) is 49.9 Å². The van der Waals surface area contributed by atoms with Crippen LogP contribution in [0.3, 0.4) is 0 Å². The maximum Gasteiger partial charge on any atom is 0.307 e. The van der Waals surface area contributed by atoms with Crippen LogP contribution in [0.2, 0.25) is 0 Å². The molecule has 0 saturated heterocycles. The molecule has 5 heteroatoms. The molecule has 2 N–H and O–H groups in total. The predicted molar refractivity (Wildman–Crippen MR) is 78.6 cm³/mol. The maximum atomic E-state index is 12.4. The molecule has 1 saturated carbocycles. The number of carboxylic acid groups (broad SMARTS) is 1. The molecule has 1 aliphatic carbocycles. The Labute approximate surface area is 123 Å². The lowest BCUT2D eigenvalue weighted by molar-refractivity contribution is -0.146. The molecule has 1 fully saturated rings. The highest BCUT2D eigenvalue weighted by atomic mass is 32.1. The number of hydrogen-bond donors (Lipinski definition) is 2. The van der Waals surface area contributed by atoms with Gasteiger partial charge in [0.05, 0.1) is 17.9 Å². The minimum atomic E-state index is -0.842. The summed E-state index contributed by atoms with van der Waals surface area (Å²) in [7, 11) is 0. The lowest BCUT2D eigenvalue weighted by atomic mass is 9.94. The van der Waals surface area contributed by atoms with Crippen molar-refractivity contribution in [1.29, 1.82) is 0 Å². The molecule has 110 valence electrons. The van der Waals surface area contributed by atoms with E-state index in [2.05, 4.69) is 12.2 Å². The summed E-state index contributed by atoms with van der Waals surface area (Å²) in [6.45, 7) is 2.09. The fourth-order valence-corrected chi connectivity index (χ4v) is 3.72. The van der Waals surface area contributed by atoms with Crippen LogP contribution >= 0.6 is 11.3 Å². The molecule has 20 heavy (non-hydrogen) atoms. The van der Waals surface area contributed by atoms with Gasteiger partial charge in [-0.1, -0.05) is 25.8 Å². The molecule has 1 heterocycles. The lowest BCUT2D eigenvalue weighted by Gasteiger charge is -2.21. The van der Waals surface area contributed by atoms with E-state index in [4.69, 9.17) is 0 Å².